The molecule has 0 bridgehead atoms. The van der Waals surface area contributed by atoms with Crippen LogP contribution in [0.4, 0.5) is 0 Å². The fraction of sp³-hybridized carbons (Fsp3) is 0.381. The first-order valence-electron chi connectivity index (χ1n) is 8.86. The van der Waals surface area contributed by atoms with Gasteiger partial charge >= 0.3 is 0 Å². The van der Waals surface area contributed by atoms with E-state index in [2.05, 4.69) is 28.4 Å². The van der Waals surface area contributed by atoms with Crippen LogP contribution in [0.5, 0.6) is 11.5 Å². The number of methoxy groups -OCH3 is 2. The third kappa shape index (κ3) is 4.17. The van der Waals surface area contributed by atoms with E-state index in [1.54, 1.807) is 21.1 Å². The number of likely N-dealkylation sites (tertiary alicyclic amines) is 1. The van der Waals surface area contributed by atoms with Gasteiger partial charge in [0.1, 0.15) is 11.5 Å². The Morgan fingerprint density at radius 1 is 1.08 bits per heavy atom. The number of nitrogens with one attached hydrogen (secondary N) is 1. The highest BCUT2D eigenvalue weighted by Crippen LogP contribution is 2.31. The Bertz CT molecular complexity index is 745. The first-order valence-corrected chi connectivity index (χ1v) is 8.86. The van der Waals surface area contributed by atoms with Crippen LogP contribution < -0.4 is 14.8 Å². The summed E-state index contributed by atoms with van der Waals surface area (Å²) in [6.45, 7) is 4.07. The number of amides is 1. The van der Waals surface area contributed by atoms with Crippen molar-refractivity contribution in [2.24, 2.45) is 0 Å². The third-order valence-corrected chi connectivity index (χ3v) is 4.91. The highest BCUT2D eigenvalue weighted by Gasteiger charge is 2.34. The normalized spacial score (nSPS) is 20.0. The number of carbonyl (C=O) groups is 1. The molecule has 5 nitrogen and oxygen atoms in total. The lowest BCUT2D eigenvalue weighted by atomic mass is 9.94. The van der Waals surface area contributed by atoms with Gasteiger partial charge in [-0.05, 0) is 23.8 Å². The lowest BCUT2D eigenvalue weighted by molar-refractivity contribution is -0.119. The van der Waals surface area contributed by atoms with Crippen LogP contribution in [0.25, 0.3) is 0 Å². The molecule has 0 aromatic heterocycles. The summed E-state index contributed by atoms with van der Waals surface area (Å²) in [5, 5.41) is 3.12. The molecule has 5 heteroatoms. The molecule has 1 fully saturated rings. The van der Waals surface area contributed by atoms with E-state index < -0.39 is 0 Å². The van der Waals surface area contributed by atoms with Crippen LogP contribution in [-0.2, 0) is 11.3 Å². The van der Waals surface area contributed by atoms with Gasteiger partial charge in [-0.25, -0.2) is 0 Å². The second-order valence-corrected chi connectivity index (χ2v) is 6.69. The average Bonchev–Trinajstić information content (AvgIpc) is 3.03. The smallest absolute Gasteiger partial charge is 0.217 e. The van der Waals surface area contributed by atoms with Crippen LogP contribution in [0, 0.1) is 0 Å². The summed E-state index contributed by atoms with van der Waals surface area (Å²) in [5.41, 5.74) is 2.37. The van der Waals surface area contributed by atoms with Gasteiger partial charge in [-0.15, -0.1) is 0 Å². The minimum absolute atomic E-state index is 0.00709. The third-order valence-electron chi connectivity index (χ3n) is 4.91. The molecule has 2 aromatic carbocycles. The number of ether oxygens (including phenoxy) is 2. The molecule has 1 N–H and O–H groups in total. The van der Waals surface area contributed by atoms with E-state index in [1.165, 1.54) is 5.56 Å². The Balaban J connectivity index is 1.78. The largest absolute Gasteiger partial charge is 0.497 e. The second kappa shape index (κ2) is 8.23. The molecule has 1 saturated heterocycles. The molecule has 2 atom stereocenters. The molecule has 0 saturated carbocycles. The van der Waals surface area contributed by atoms with Crippen LogP contribution in [0.1, 0.15) is 24.0 Å². The Hall–Kier alpha value is -2.53. The van der Waals surface area contributed by atoms with Gasteiger partial charge in [0.25, 0.3) is 0 Å². The van der Waals surface area contributed by atoms with Crippen molar-refractivity contribution in [2.45, 2.75) is 25.4 Å². The molecule has 0 spiro atoms. The quantitative estimate of drug-likeness (QED) is 0.867. The van der Waals surface area contributed by atoms with E-state index in [-0.39, 0.29) is 17.9 Å². The number of hydrogen-bond acceptors (Lipinski definition) is 4. The molecule has 1 amide bonds. The van der Waals surface area contributed by atoms with E-state index >= 15 is 0 Å². The fourth-order valence-corrected chi connectivity index (χ4v) is 3.69. The molecule has 2 aromatic rings. The first kappa shape index (κ1) is 18.3. The molecule has 1 aliphatic heterocycles. The van der Waals surface area contributed by atoms with Crippen LogP contribution in [0.3, 0.4) is 0 Å². The standard InChI is InChI=1S/C21H26N2O3/c1-15(24)22-20-14-23(12-17-6-4-5-7-21(17)26-3)13-19(20)16-8-10-18(25-2)11-9-16/h4-11,19-20H,12-14H2,1-3H3,(H,22,24)/t19-,20+/m0/s1. The molecular formula is C21H26N2O3. The van der Waals surface area contributed by atoms with Crippen molar-refractivity contribution in [2.75, 3.05) is 27.3 Å². The van der Waals surface area contributed by atoms with Crippen molar-refractivity contribution in [1.29, 1.82) is 0 Å². The highest BCUT2D eigenvalue weighted by molar-refractivity contribution is 5.73. The van der Waals surface area contributed by atoms with E-state index in [4.69, 9.17) is 9.47 Å². The molecule has 0 radical (unpaired) electrons. The highest BCUT2D eigenvalue weighted by atomic mass is 16.5. The van der Waals surface area contributed by atoms with Gasteiger partial charge in [-0.2, -0.15) is 0 Å². The van der Waals surface area contributed by atoms with Gasteiger partial charge in [0, 0.05) is 44.1 Å². The van der Waals surface area contributed by atoms with Crippen molar-refractivity contribution in [1.82, 2.24) is 10.2 Å². The zero-order valence-electron chi connectivity index (χ0n) is 15.6. The van der Waals surface area contributed by atoms with Crippen molar-refractivity contribution in [3.63, 3.8) is 0 Å². The summed E-state index contributed by atoms with van der Waals surface area (Å²) >= 11 is 0. The summed E-state index contributed by atoms with van der Waals surface area (Å²) < 4.78 is 10.7. The Morgan fingerprint density at radius 2 is 1.81 bits per heavy atom. The van der Waals surface area contributed by atoms with Crippen LogP contribution in [0.2, 0.25) is 0 Å². The number of benzene rings is 2. The molecule has 26 heavy (non-hydrogen) atoms. The Kier molecular flexibility index (Phi) is 5.78. The average molecular weight is 354 g/mol. The predicted molar refractivity (Wildman–Crippen MR) is 102 cm³/mol. The molecule has 138 valence electrons. The zero-order valence-corrected chi connectivity index (χ0v) is 15.6. The number of nitrogens with zero attached hydrogens (tertiary/aromatic N) is 1. The maximum Gasteiger partial charge on any atom is 0.217 e. The van der Waals surface area contributed by atoms with Gasteiger partial charge in [-0.1, -0.05) is 30.3 Å². The van der Waals surface area contributed by atoms with Gasteiger partial charge in [0.05, 0.1) is 14.2 Å². The maximum atomic E-state index is 11.7. The minimum Gasteiger partial charge on any atom is -0.497 e. The predicted octanol–water partition coefficient (Wildman–Crippen LogP) is 2.81. The van der Waals surface area contributed by atoms with Crippen LogP contribution >= 0.6 is 0 Å². The SMILES string of the molecule is COc1ccc([C@@H]2CN(Cc3ccccc3OC)C[C@H]2NC(C)=O)cc1. The number of para-hydroxylation sites is 1. The molecule has 1 aliphatic rings. The van der Waals surface area contributed by atoms with Crippen molar-refractivity contribution >= 4 is 5.91 Å². The Morgan fingerprint density at radius 3 is 2.46 bits per heavy atom. The zero-order chi connectivity index (χ0) is 18.5. The van der Waals surface area contributed by atoms with Crippen molar-refractivity contribution in [3.8, 4) is 11.5 Å². The molecular weight excluding hydrogens is 328 g/mol. The summed E-state index contributed by atoms with van der Waals surface area (Å²) in [4.78, 5) is 14.0. The molecule has 0 aliphatic carbocycles. The lowest BCUT2D eigenvalue weighted by Gasteiger charge is -2.19. The first-order chi connectivity index (χ1) is 12.6. The van der Waals surface area contributed by atoms with E-state index in [0.717, 1.165) is 36.7 Å². The summed E-state index contributed by atoms with van der Waals surface area (Å²) in [6, 6.07) is 16.3. The van der Waals surface area contributed by atoms with Gasteiger partial charge < -0.3 is 14.8 Å². The topological polar surface area (TPSA) is 50.8 Å². The van der Waals surface area contributed by atoms with E-state index in [1.807, 2.05) is 30.3 Å². The fourth-order valence-electron chi connectivity index (χ4n) is 3.69. The van der Waals surface area contributed by atoms with Gasteiger partial charge in [0.2, 0.25) is 5.91 Å². The second-order valence-electron chi connectivity index (χ2n) is 6.69. The lowest BCUT2D eigenvalue weighted by Crippen LogP contribution is -2.38. The van der Waals surface area contributed by atoms with Crippen LogP contribution in [0.15, 0.2) is 48.5 Å². The number of rotatable bonds is 6. The van der Waals surface area contributed by atoms with Gasteiger partial charge in [0.15, 0.2) is 0 Å². The van der Waals surface area contributed by atoms with Gasteiger partial charge in [-0.3, -0.25) is 9.69 Å². The molecule has 3 rings (SSSR count). The van der Waals surface area contributed by atoms with Crippen molar-refractivity contribution in [3.05, 3.63) is 59.7 Å². The van der Waals surface area contributed by atoms with Crippen molar-refractivity contribution < 1.29 is 14.3 Å². The van der Waals surface area contributed by atoms with E-state index in [9.17, 15) is 4.79 Å². The minimum atomic E-state index is 0.00709. The molecule has 1 heterocycles. The Labute approximate surface area is 154 Å². The van der Waals surface area contributed by atoms with Crippen LogP contribution in [-0.4, -0.2) is 44.2 Å². The van der Waals surface area contributed by atoms with E-state index in [0.29, 0.717) is 0 Å². The summed E-state index contributed by atoms with van der Waals surface area (Å²) in [7, 11) is 3.36. The molecule has 0 unspecified atom stereocenters. The number of carbonyl (C=O) groups excluding carboxylic acids is 1. The monoisotopic (exact) mass is 354 g/mol. The summed E-state index contributed by atoms with van der Waals surface area (Å²) in [6.07, 6.45) is 0. The number of hydrogen-bond donors (Lipinski definition) is 1. The maximum absolute atomic E-state index is 11.7. The summed E-state index contributed by atoms with van der Waals surface area (Å²) in [5.74, 6) is 2.00.